The molecular weight excluding hydrogens is 1030 g/mol. The number of allylic oxidation sites excluding steroid dienone is 14. The second kappa shape index (κ2) is 52.7. The summed E-state index contributed by atoms with van der Waals surface area (Å²) in [6.07, 6.45) is 53.7. The van der Waals surface area contributed by atoms with Crippen molar-refractivity contribution in [2.75, 3.05) is 33.0 Å². The SMILES string of the molecule is CC/C=C\C/C=C\C/C=C\C/C=C\C/C=C\C/C=C\C/C=C\CCCC(=O)OC(COCCCCCCCCCCCCCCCCCCCCCCCCCC)COC1OC(COC2OC(CO)C(O)C(O)C2O)C(O)C(O)C1O. The Balaban J connectivity index is 1.70. The summed E-state index contributed by atoms with van der Waals surface area (Å²) in [4.78, 5) is 13.1. The third kappa shape index (κ3) is 38.7. The third-order valence-electron chi connectivity index (χ3n) is 14.9. The van der Waals surface area contributed by atoms with E-state index >= 15 is 0 Å². The lowest BCUT2D eigenvalue weighted by Crippen LogP contribution is -2.61. The van der Waals surface area contributed by atoms with Gasteiger partial charge in [0.05, 0.1) is 26.4 Å². The van der Waals surface area contributed by atoms with Crippen LogP contribution < -0.4 is 0 Å². The Labute approximate surface area is 490 Å². The van der Waals surface area contributed by atoms with Gasteiger partial charge in [-0.15, -0.1) is 0 Å². The first kappa shape index (κ1) is 74.3. The quantitative estimate of drug-likeness (QED) is 0.0172. The molecule has 0 aromatic rings. The van der Waals surface area contributed by atoms with Crippen LogP contribution in [0.1, 0.15) is 232 Å². The maximum absolute atomic E-state index is 13.1. The molecule has 14 heteroatoms. The molecule has 0 aliphatic carbocycles. The summed E-state index contributed by atoms with van der Waals surface area (Å²) in [6, 6.07) is 0. The minimum Gasteiger partial charge on any atom is -0.457 e. The summed E-state index contributed by atoms with van der Waals surface area (Å²) in [7, 11) is 0. The van der Waals surface area contributed by atoms with E-state index in [1.165, 1.54) is 135 Å². The number of ether oxygens (including phenoxy) is 6. The third-order valence-corrected chi connectivity index (χ3v) is 14.9. The highest BCUT2D eigenvalue weighted by Gasteiger charge is 2.47. The van der Waals surface area contributed by atoms with Crippen molar-refractivity contribution < 1.29 is 69.0 Å². The number of aliphatic hydroxyl groups is 7. The molecule has 7 N–H and O–H groups in total. The first-order valence-electron chi connectivity index (χ1n) is 32.2. The van der Waals surface area contributed by atoms with Crippen molar-refractivity contribution >= 4 is 5.97 Å². The average molecular weight is 1150 g/mol. The van der Waals surface area contributed by atoms with Crippen LogP contribution in [0.25, 0.3) is 0 Å². The predicted octanol–water partition coefficient (Wildman–Crippen LogP) is 12.8. The summed E-state index contributed by atoms with van der Waals surface area (Å²) in [5.41, 5.74) is 0. The zero-order valence-electron chi connectivity index (χ0n) is 50.5. The molecular formula is C67H116O14. The zero-order chi connectivity index (χ0) is 58.6. The van der Waals surface area contributed by atoms with E-state index in [1.54, 1.807) is 0 Å². The maximum Gasteiger partial charge on any atom is 0.306 e. The van der Waals surface area contributed by atoms with E-state index in [9.17, 15) is 40.5 Å². The number of rotatable bonds is 52. The van der Waals surface area contributed by atoms with Crippen LogP contribution >= 0.6 is 0 Å². The fourth-order valence-corrected chi connectivity index (χ4v) is 9.81. The number of carbonyl (C=O) groups excluding carboxylic acids is 1. The van der Waals surface area contributed by atoms with Gasteiger partial charge in [0, 0.05) is 13.0 Å². The smallest absolute Gasteiger partial charge is 0.306 e. The van der Waals surface area contributed by atoms with Gasteiger partial charge in [-0.1, -0.05) is 247 Å². The van der Waals surface area contributed by atoms with Gasteiger partial charge in [0.2, 0.25) is 0 Å². The lowest BCUT2D eigenvalue weighted by molar-refractivity contribution is -0.332. The molecule has 2 aliphatic rings. The van der Waals surface area contributed by atoms with Gasteiger partial charge in [-0.2, -0.15) is 0 Å². The van der Waals surface area contributed by atoms with Gasteiger partial charge in [0.25, 0.3) is 0 Å². The molecule has 81 heavy (non-hydrogen) atoms. The second-order valence-electron chi connectivity index (χ2n) is 22.2. The van der Waals surface area contributed by atoms with Gasteiger partial charge < -0.3 is 64.2 Å². The maximum atomic E-state index is 13.1. The molecule has 0 amide bonds. The van der Waals surface area contributed by atoms with Crippen LogP contribution in [0, 0.1) is 0 Å². The van der Waals surface area contributed by atoms with E-state index in [4.69, 9.17) is 28.4 Å². The molecule has 0 bridgehead atoms. The molecule has 2 fully saturated rings. The average Bonchev–Trinajstić information content (AvgIpc) is 3.46. The van der Waals surface area contributed by atoms with E-state index in [2.05, 4.69) is 98.9 Å². The summed E-state index contributed by atoms with van der Waals surface area (Å²) in [5.74, 6) is -0.432. The number of hydrogen-bond donors (Lipinski definition) is 7. The monoisotopic (exact) mass is 1140 g/mol. The van der Waals surface area contributed by atoms with Crippen molar-refractivity contribution in [2.45, 2.75) is 300 Å². The lowest BCUT2D eigenvalue weighted by Gasteiger charge is -2.42. The molecule has 14 nitrogen and oxygen atoms in total. The molecule has 11 unspecified atom stereocenters. The van der Waals surface area contributed by atoms with E-state index in [0.29, 0.717) is 19.4 Å². The second-order valence-corrected chi connectivity index (χ2v) is 22.2. The van der Waals surface area contributed by atoms with E-state index in [0.717, 1.165) is 64.2 Å². The van der Waals surface area contributed by atoms with Gasteiger partial charge in [-0.05, 0) is 64.2 Å². The minimum atomic E-state index is -1.72. The van der Waals surface area contributed by atoms with Crippen molar-refractivity contribution in [3.63, 3.8) is 0 Å². The molecule has 0 radical (unpaired) electrons. The highest BCUT2D eigenvalue weighted by molar-refractivity contribution is 5.69. The van der Waals surface area contributed by atoms with Crippen molar-refractivity contribution in [1.29, 1.82) is 0 Å². The summed E-state index contributed by atoms with van der Waals surface area (Å²) >= 11 is 0. The van der Waals surface area contributed by atoms with Gasteiger partial charge in [-0.3, -0.25) is 4.79 Å². The molecule has 0 aromatic carbocycles. The Morgan fingerprint density at radius 2 is 0.790 bits per heavy atom. The fourth-order valence-electron chi connectivity index (χ4n) is 9.81. The highest BCUT2D eigenvalue weighted by atomic mass is 16.7. The molecule has 2 aliphatic heterocycles. The molecule has 468 valence electrons. The lowest BCUT2D eigenvalue weighted by atomic mass is 9.98. The Morgan fingerprint density at radius 1 is 0.420 bits per heavy atom. The van der Waals surface area contributed by atoms with Crippen LogP contribution in [0.15, 0.2) is 85.1 Å². The van der Waals surface area contributed by atoms with Crippen LogP contribution in [0.5, 0.6) is 0 Å². The molecule has 2 rings (SSSR count). The van der Waals surface area contributed by atoms with Gasteiger partial charge >= 0.3 is 5.97 Å². The van der Waals surface area contributed by atoms with Crippen LogP contribution in [-0.4, -0.2) is 142 Å². The topological polar surface area (TPSA) is 214 Å². The van der Waals surface area contributed by atoms with Gasteiger partial charge in [-0.25, -0.2) is 0 Å². The number of unbranched alkanes of at least 4 members (excludes halogenated alkanes) is 24. The number of aliphatic hydroxyl groups excluding tert-OH is 7. The summed E-state index contributed by atoms with van der Waals surface area (Å²) < 4.78 is 34.4. The first-order valence-corrected chi connectivity index (χ1v) is 32.2. The molecule has 11 atom stereocenters. The Kier molecular flexibility index (Phi) is 48.3. The fraction of sp³-hybridized carbons (Fsp3) is 0.776. The standard InChI is InChI=1S/C67H116O14/c1-3-5-7-9-11-13-15-17-19-21-23-25-27-29-31-33-35-37-39-41-43-45-47-49-51-76-53-56(54-77-66-65(75)63(73)61(71)58(81-66)55-78-67-64(74)62(72)60(70)57(52-68)80-67)79-59(69)50-48-46-44-42-40-38-36-34-32-30-28-26-24-22-20-18-16-14-12-10-8-6-4-2/h6,8,12,14,18,20,24,26,30,32,36,38,42,44,56-58,60-68,70-75H,3-5,7,9-11,13,15-17,19,21-23,25,27-29,31,33-35,37,39-41,43,45-55H2,1-2H3/b8-6-,14-12-,20-18-,26-24-,32-30-,38-36-,44-42-. The normalized spacial score (nSPS) is 24.3. The van der Waals surface area contributed by atoms with Gasteiger partial charge in [0.1, 0.15) is 54.9 Å². The predicted molar refractivity (Wildman–Crippen MR) is 325 cm³/mol. The van der Waals surface area contributed by atoms with E-state index < -0.39 is 86.7 Å². The van der Waals surface area contributed by atoms with Crippen LogP contribution in [0.4, 0.5) is 0 Å². The molecule has 2 saturated heterocycles. The van der Waals surface area contributed by atoms with E-state index in [1.807, 2.05) is 0 Å². The Bertz CT molecular complexity index is 1660. The van der Waals surface area contributed by atoms with Crippen molar-refractivity contribution in [3.8, 4) is 0 Å². The highest BCUT2D eigenvalue weighted by Crippen LogP contribution is 2.27. The first-order chi connectivity index (χ1) is 39.6. The largest absolute Gasteiger partial charge is 0.457 e. The van der Waals surface area contributed by atoms with Crippen molar-refractivity contribution in [2.24, 2.45) is 0 Å². The summed E-state index contributed by atoms with van der Waals surface area (Å²) in [6.45, 7) is 3.53. The van der Waals surface area contributed by atoms with Crippen LogP contribution in [0.2, 0.25) is 0 Å². The van der Waals surface area contributed by atoms with Gasteiger partial charge in [0.15, 0.2) is 12.6 Å². The molecule has 0 spiro atoms. The van der Waals surface area contributed by atoms with Crippen LogP contribution in [-0.2, 0) is 33.2 Å². The Morgan fingerprint density at radius 3 is 1.21 bits per heavy atom. The zero-order valence-corrected chi connectivity index (χ0v) is 50.5. The molecule has 0 saturated carbocycles. The van der Waals surface area contributed by atoms with Crippen LogP contribution in [0.3, 0.4) is 0 Å². The van der Waals surface area contributed by atoms with Crippen molar-refractivity contribution in [1.82, 2.24) is 0 Å². The molecule has 2 heterocycles. The number of hydrogen-bond acceptors (Lipinski definition) is 14. The number of esters is 1. The summed E-state index contributed by atoms with van der Waals surface area (Å²) in [5, 5.41) is 72.5. The van der Waals surface area contributed by atoms with Crippen molar-refractivity contribution in [3.05, 3.63) is 85.1 Å². The van der Waals surface area contributed by atoms with E-state index in [-0.39, 0.29) is 19.6 Å². The minimum absolute atomic E-state index is 0.0363. The Hall–Kier alpha value is -2.83. The molecule has 0 aromatic heterocycles. The number of carbonyl (C=O) groups is 1.